The average molecular weight is 330 g/mol. The van der Waals surface area contributed by atoms with E-state index in [0.29, 0.717) is 18.4 Å². The van der Waals surface area contributed by atoms with Gasteiger partial charge in [-0.15, -0.1) is 0 Å². The van der Waals surface area contributed by atoms with E-state index in [-0.39, 0.29) is 12.5 Å². The Bertz CT molecular complexity index is 559. The smallest absolute Gasteiger partial charge is 0.348 e. The van der Waals surface area contributed by atoms with E-state index in [0.717, 1.165) is 12.1 Å². The lowest BCUT2D eigenvalue weighted by molar-refractivity contribution is -0.137. The van der Waals surface area contributed by atoms with Crippen molar-refractivity contribution in [3.63, 3.8) is 0 Å². The Morgan fingerprint density at radius 1 is 1.30 bits per heavy atom. The minimum Gasteiger partial charge on any atom is -0.348 e. The van der Waals surface area contributed by atoms with Crippen molar-refractivity contribution in [2.45, 2.75) is 38.9 Å². The molecule has 0 saturated carbocycles. The minimum atomic E-state index is -4.42. The van der Waals surface area contributed by atoms with Gasteiger partial charge in [-0.05, 0) is 24.1 Å². The fraction of sp³-hybridized carbons (Fsp3) is 0.500. The number of alkyl halides is 3. The Labute approximate surface area is 133 Å². The number of nitrogens with zero attached hydrogens (tertiary/aromatic N) is 1. The van der Waals surface area contributed by atoms with E-state index >= 15 is 0 Å². The molecule has 0 fully saturated rings. The first-order chi connectivity index (χ1) is 10.6. The van der Waals surface area contributed by atoms with E-state index in [1.807, 2.05) is 6.92 Å². The van der Waals surface area contributed by atoms with Gasteiger partial charge in [-0.3, -0.25) is 9.59 Å². The third kappa shape index (κ3) is 5.92. The number of halogens is 3. The Balaban J connectivity index is 2.90. The van der Waals surface area contributed by atoms with Crippen molar-refractivity contribution in [2.24, 2.45) is 0 Å². The minimum absolute atomic E-state index is 0.130. The van der Waals surface area contributed by atoms with Crippen LogP contribution in [-0.4, -0.2) is 30.3 Å². The molecule has 1 N–H and O–H groups in total. The van der Waals surface area contributed by atoms with Gasteiger partial charge < -0.3 is 10.2 Å². The number of rotatable bonds is 6. The second-order valence-electron chi connectivity index (χ2n) is 5.41. The normalized spacial score (nSPS) is 12.6. The van der Waals surface area contributed by atoms with E-state index < -0.39 is 23.7 Å². The molecule has 2 amide bonds. The average Bonchev–Trinajstić information content (AvgIpc) is 2.45. The van der Waals surface area contributed by atoms with Crippen LogP contribution >= 0.6 is 0 Å². The summed E-state index contributed by atoms with van der Waals surface area (Å²) in [5, 5.41) is 2.70. The standard InChI is InChI=1S/C16H21F3N2O2/c1-4-6-14(20-15(23)10-21(3)11(2)22)12-7-5-8-13(9-12)16(17,18)19/h5,7-9,14H,4,6,10H2,1-3H3,(H,20,23)/t14-/m0/s1. The maximum atomic E-state index is 12.8. The highest BCUT2D eigenvalue weighted by atomic mass is 19.4. The summed E-state index contributed by atoms with van der Waals surface area (Å²) in [4.78, 5) is 24.3. The molecule has 1 atom stereocenters. The number of amides is 2. The number of nitrogens with one attached hydrogen (secondary N) is 1. The topological polar surface area (TPSA) is 49.4 Å². The van der Waals surface area contributed by atoms with Gasteiger partial charge in [0.15, 0.2) is 0 Å². The fourth-order valence-electron chi connectivity index (χ4n) is 2.11. The summed E-state index contributed by atoms with van der Waals surface area (Å²) >= 11 is 0. The molecule has 4 nitrogen and oxygen atoms in total. The summed E-state index contributed by atoms with van der Waals surface area (Å²) in [5.74, 6) is -0.662. The largest absolute Gasteiger partial charge is 0.416 e. The maximum absolute atomic E-state index is 12.8. The van der Waals surface area contributed by atoms with Crippen LogP contribution in [0.25, 0.3) is 0 Å². The van der Waals surface area contributed by atoms with Crippen molar-refractivity contribution >= 4 is 11.8 Å². The van der Waals surface area contributed by atoms with Crippen LogP contribution in [0.2, 0.25) is 0 Å². The summed E-state index contributed by atoms with van der Waals surface area (Å²) < 4.78 is 38.4. The zero-order valence-corrected chi connectivity index (χ0v) is 13.4. The van der Waals surface area contributed by atoms with E-state index in [9.17, 15) is 22.8 Å². The van der Waals surface area contributed by atoms with Gasteiger partial charge in [-0.2, -0.15) is 13.2 Å². The molecular weight excluding hydrogens is 309 g/mol. The van der Waals surface area contributed by atoms with Crippen molar-refractivity contribution in [1.29, 1.82) is 0 Å². The van der Waals surface area contributed by atoms with Gasteiger partial charge in [0.25, 0.3) is 0 Å². The van der Waals surface area contributed by atoms with Gasteiger partial charge in [0.2, 0.25) is 11.8 Å². The number of carbonyl (C=O) groups is 2. The molecule has 1 rings (SSSR count). The highest BCUT2D eigenvalue weighted by molar-refractivity contribution is 5.83. The van der Waals surface area contributed by atoms with Crippen LogP contribution in [-0.2, 0) is 15.8 Å². The highest BCUT2D eigenvalue weighted by Gasteiger charge is 2.31. The fourth-order valence-corrected chi connectivity index (χ4v) is 2.11. The first-order valence-corrected chi connectivity index (χ1v) is 7.33. The van der Waals surface area contributed by atoms with E-state index in [4.69, 9.17) is 0 Å². The predicted octanol–water partition coefficient (Wildman–Crippen LogP) is 3.14. The molecular formula is C16H21F3N2O2. The van der Waals surface area contributed by atoms with Crippen LogP contribution in [0.5, 0.6) is 0 Å². The first kappa shape index (κ1) is 19.0. The first-order valence-electron chi connectivity index (χ1n) is 7.33. The molecule has 0 heterocycles. The SMILES string of the molecule is CCC[C@H](NC(=O)CN(C)C(C)=O)c1cccc(C(F)(F)F)c1. The predicted molar refractivity (Wildman–Crippen MR) is 80.5 cm³/mol. The lowest BCUT2D eigenvalue weighted by Gasteiger charge is -2.22. The molecule has 0 aliphatic rings. The van der Waals surface area contributed by atoms with E-state index in [2.05, 4.69) is 5.32 Å². The highest BCUT2D eigenvalue weighted by Crippen LogP contribution is 2.31. The van der Waals surface area contributed by atoms with Crippen molar-refractivity contribution in [1.82, 2.24) is 10.2 Å². The van der Waals surface area contributed by atoms with Crippen LogP contribution in [0.15, 0.2) is 24.3 Å². The summed E-state index contributed by atoms with van der Waals surface area (Å²) in [7, 11) is 1.49. The molecule has 0 unspecified atom stereocenters. The molecule has 0 spiro atoms. The van der Waals surface area contributed by atoms with E-state index in [1.165, 1.54) is 24.9 Å². The van der Waals surface area contributed by atoms with Gasteiger partial charge in [-0.1, -0.05) is 25.5 Å². The summed E-state index contributed by atoms with van der Waals surface area (Å²) in [6.45, 7) is 3.09. The summed E-state index contributed by atoms with van der Waals surface area (Å²) in [6, 6.07) is 4.42. The van der Waals surface area contributed by atoms with Crippen molar-refractivity contribution in [3.05, 3.63) is 35.4 Å². The lowest BCUT2D eigenvalue weighted by atomic mass is 10.00. The Hall–Kier alpha value is -2.05. The van der Waals surface area contributed by atoms with Gasteiger partial charge in [0.1, 0.15) is 0 Å². The second kappa shape index (κ2) is 7.99. The molecule has 0 aliphatic heterocycles. The molecule has 0 bridgehead atoms. The number of hydrogen-bond acceptors (Lipinski definition) is 2. The van der Waals surface area contributed by atoms with Crippen LogP contribution in [0, 0.1) is 0 Å². The summed E-state index contributed by atoms with van der Waals surface area (Å²) in [5.41, 5.74) is -0.341. The maximum Gasteiger partial charge on any atom is 0.416 e. The molecule has 23 heavy (non-hydrogen) atoms. The molecule has 0 radical (unpaired) electrons. The van der Waals surface area contributed by atoms with Crippen LogP contribution in [0.4, 0.5) is 13.2 Å². The third-order valence-electron chi connectivity index (χ3n) is 3.45. The van der Waals surface area contributed by atoms with Gasteiger partial charge in [0.05, 0.1) is 18.2 Å². The molecule has 128 valence electrons. The molecule has 0 saturated heterocycles. The number of hydrogen-bond donors (Lipinski definition) is 1. The van der Waals surface area contributed by atoms with Crippen molar-refractivity contribution < 1.29 is 22.8 Å². The zero-order chi connectivity index (χ0) is 17.6. The zero-order valence-electron chi connectivity index (χ0n) is 13.4. The molecule has 0 aromatic heterocycles. The summed E-state index contributed by atoms with van der Waals surface area (Å²) in [6.07, 6.45) is -3.22. The Morgan fingerprint density at radius 2 is 1.96 bits per heavy atom. The molecule has 7 heteroatoms. The van der Waals surface area contributed by atoms with Crippen molar-refractivity contribution in [3.8, 4) is 0 Å². The third-order valence-corrected chi connectivity index (χ3v) is 3.45. The molecule has 0 aliphatic carbocycles. The van der Waals surface area contributed by atoms with Gasteiger partial charge >= 0.3 is 6.18 Å². The quantitative estimate of drug-likeness (QED) is 0.871. The molecule has 1 aromatic rings. The Morgan fingerprint density at radius 3 is 2.48 bits per heavy atom. The number of benzene rings is 1. The van der Waals surface area contributed by atoms with Crippen LogP contribution in [0.3, 0.4) is 0 Å². The monoisotopic (exact) mass is 330 g/mol. The number of carbonyl (C=O) groups excluding carboxylic acids is 2. The van der Waals surface area contributed by atoms with Crippen LogP contribution in [0.1, 0.15) is 43.9 Å². The lowest BCUT2D eigenvalue weighted by Crippen LogP contribution is -2.39. The Kier molecular flexibility index (Phi) is 6.60. The van der Waals surface area contributed by atoms with Gasteiger partial charge in [0, 0.05) is 14.0 Å². The van der Waals surface area contributed by atoms with Gasteiger partial charge in [-0.25, -0.2) is 0 Å². The molecule has 1 aromatic carbocycles. The number of likely N-dealkylation sites (N-methyl/N-ethyl adjacent to an activating group) is 1. The van der Waals surface area contributed by atoms with E-state index in [1.54, 1.807) is 6.07 Å². The van der Waals surface area contributed by atoms with Crippen molar-refractivity contribution in [2.75, 3.05) is 13.6 Å². The second-order valence-corrected chi connectivity index (χ2v) is 5.41. The van der Waals surface area contributed by atoms with Crippen LogP contribution < -0.4 is 5.32 Å².